The molecule has 0 aliphatic heterocycles. The van der Waals surface area contributed by atoms with Crippen molar-refractivity contribution in [3.63, 3.8) is 0 Å². The minimum atomic E-state index is 0.672. The van der Waals surface area contributed by atoms with Gasteiger partial charge in [0, 0.05) is 10.6 Å². The van der Waals surface area contributed by atoms with Gasteiger partial charge in [-0.3, -0.25) is 0 Å². The summed E-state index contributed by atoms with van der Waals surface area (Å²) in [7, 11) is 0. The van der Waals surface area contributed by atoms with Gasteiger partial charge in [-0.15, -0.1) is 0 Å². The predicted molar refractivity (Wildman–Crippen MR) is 105 cm³/mol. The third-order valence-corrected chi connectivity index (χ3v) is 4.88. The second-order valence-corrected chi connectivity index (χ2v) is 6.14. The Bertz CT molecular complexity index is 1350. The number of hydrogen-bond donors (Lipinski definition) is 0. The average molecular weight is 319 g/mol. The Hall–Kier alpha value is -3.55. The van der Waals surface area contributed by atoms with Crippen LogP contribution in [-0.2, 0) is 0 Å². The van der Waals surface area contributed by atoms with Gasteiger partial charge in [0.25, 0.3) is 0 Å². The van der Waals surface area contributed by atoms with Gasteiger partial charge in [-0.05, 0) is 54.7 Å². The molecule has 0 aliphatic carbocycles. The summed E-state index contributed by atoms with van der Waals surface area (Å²) in [6.45, 7) is 0. The Balaban J connectivity index is 2.22. The SMILES string of the molecule is [N-]=[N+]=Nc1cc2c3ccccc3c3ccccc3c2c2ccccc12. The zero-order chi connectivity index (χ0) is 16.8. The van der Waals surface area contributed by atoms with E-state index in [0.717, 1.165) is 16.2 Å². The number of hydrogen-bond acceptors (Lipinski definition) is 1. The Morgan fingerprint density at radius 2 is 1.00 bits per heavy atom. The lowest BCUT2D eigenvalue weighted by atomic mass is 9.90. The highest BCUT2D eigenvalue weighted by atomic mass is 15.1. The predicted octanol–water partition coefficient (Wildman–Crippen LogP) is 7.24. The first kappa shape index (κ1) is 13.8. The number of azide groups is 1. The third-order valence-electron chi connectivity index (χ3n) is 4.88. The standard InChI is InChI=1S/C22H13N3/c23-25-24-21-13-20-16-9-2-1-7-14(16)15-8-3-5-11-18(15)22(20)19-12-6-4-10-17(19)21/h1-13H. The van der Waals surface area contributed by atoms with Crippen molar-refractivity contribution in [1.82, 2.24) is 0 Å². The van der Waals surface area contributed by atoms with Crippen LogP contribution < -0.4 is 0 Å². The molecule has 0 spiro atoms. The van der Waals surface area contributed by atoms with E-state index >= 15 is 0 Å². The van der Waals surface area contributed by atoms with Crippen molar-refractivity contribution in [3.8, 4) is 0 Å². The molecular formula is C22H13N3. The molecule has 3 heteroatoms. The highest BCUT2D eigenvalue weighted by Gasteiger charge is 2.12. The lowest BCUT2D eigenvalue weighted by molar-refractivity contribution is 1.53. The van der Waals surface area contributed by atoms with Gasteiger partial charge in [0.2, 0.25) is 0 Å². The van der Waals surface area contributed by atoms with Crippen LogP contribution in [0, 0.1) is 0 Å². The maximum atomic E-state index is 8.99. The van der Waals surface area contributed by atoms with Gasteiger partial charge >= 0.3 is 0 Å². The van der Waals surface area contributed by atoms with Gasteiger partial charge in [0.15, 0.2) is 0 Å². The summed E-state index contributed by atoms with van der Waals surface area (Å²) in [6.07, 6.45) is 0. The van der Waals surface area contributed by atoms with E-state index < -0.39 is 0 Å². The molecule has 25 heavy (non-hydrogen) atoms. The molecule has 0 heterocycles. The Labute approximate surface area is 143 Å². The Kier molecular flexibility index (Phi) is 2.90. The molecule has 0 N–H and O–H groups in total. The summed E-state index contributed by atoms with van der Waals surface area (Å²) < 4.78 is 0. The van der Waals surface area contributed by atoms with Crippen molar-refractivity contribution < 1.29 is 0 Å². The molecule has 0 aliphatic rings. The van der Waals surface area contributed by atoms with E-state index in [9.17, 15) is 0 Å². The van der Waals surface area contributed by atoms with Gasteiger partial charge in [0.1, 0.15) is 0 Å². The fourth-order valence-electron chi connectivity index (χ4n) is 3.88. The fourth-order valence-corrected chi connectivity index (χ4v) is 3.88. The molecule has 0 atom stereocenters. The molecule has 0 bridgehead atoms. The number of benzene rings is 5. The molecule has 5 aromatic rings. The van der Waals surface area contributed by atoms with Crippen molar-refractivity contribution in [2.75, 3.05) is 0 Å². The highest BCUT2D eigenvalue weighted by molar-refractivity contribution is 6.32. The molecule has 0 radical (unpaired) electrons. The lowest BCUT2D eigenvalue weighted by Crippen LogP contribution is -1.85. The molecule has 3 nitrogen and oxygen atoms in total. The molecule has 0 saturated carbocycles. The van der Waals surface area contributed by atoms with Crippen molar-refractivity contribution in [1.29, 1.82) is 0 Å². The maximum absolute atomic E-state index is 8.99. The van der Waals surface area contributed by atoms with Crippen LogP contribution in [0.1, 0.15) is 0 Å². The van der Waals surface area contributed by atoms with Crippen molar-refractivity contribution in [2.45, 2.75) is 0 Å². The van der Waals surface area contributed by atoms with Crippen LogP contribution in [-0.4, -0.2) is 0 Å². The minimum absolute atomic E-state index is 0.672. The fraction of sp³-hybridized carbons (Fsp3) is 0. The molecule has 0 saturated heterocycles. The van der Waals surface area contributed by atoms with Gasteiger partial charge in [-0.1, -0.05) is 77.9 Å². The second kappa shape index (κ2) is 5.23. The van der Waals surface area contributed by atoms with E-state index in [2.05, 4.69) is 64.6 Å². The third kappa shape index (κ3) is 1.90. The van der Waals surface area contributed by atoms with Crippen LogP contribution in [0.4, 0.5) is 5.69 Å². The van der Waals surface area contributed by atoms with E-state index in [0.29, 0.717) is 5.69 Å². The van der Waals surface area contributed by atoms with Crippen molar-refractivity contribution in [2.24, 2.45) is 5.11 Å². The normalized spacial score (nSPS) is 11.2. The van der Waals surface area contributed by atoms with Crippen LogP contribution in [0.2, 0.25) is 0 Å². The molecule has 0 unspecified atom stereocenters. The summed E-state index contributed by atoms with van der Waals surface area (Å²) in [4.78, 5) is 3.03. The number of fused-ring (bicyclic) bond motifs is 8. The van der Waals surface area contributed by atoms with Gasteiger partial charge < -0.3 is 0 Å². The summed E-state index contributed by atoms with van der Waals surface area (Å²) in [5, 5.41) is 13.2. The van der Waals surface area contributed by atoms with Crippen LogP contribution in [0.15, 0.2) is 84.0 Å². The summed E-state index contributed by atoms with van der Waals surface area (Å²) in [5.74, 6) is 0. The van der Waals surface area contributed by atoms with E-state index in [1.165, 1.54) is 26.9 Å². The van der Waals surface area contributed by atoms with Crippen molar-refractivity contribution >= 4 is 48.8 Å². The van der Waals surface area contributed by atoms with Crippen LogP contribution in [0.5, 0.6) is 0 Å². The van der Waals surface area contributed by atoms with Gasteiger partial charge in [-0.25, -0.2) is 0 Å². The first-order valence-corrected chi connectivity index (χ1v) is 8.18. The molecule has 5 aromatic carbocycles. The average Bonchev–Trinajstić information content (AvgIpc) is 2.68. The van der Waals surface area contributed by atoms with E-state index in [1.54, 1.807) is 0 Å². The monoisotopic (exact) mass is 319 g/mol. The van der Waals surface area contributed by atoms with Crippen LogP contribution >= 0.6 is 0 Å². The maximum Gasteiger partial charge on any atom is 0.0460 e. The van der Waals surface area contributed by atoms with E-state index in [-0.39, 0.29) is 0 Å². The Morgan fingerprint density at radius 3 is 1.60 bits per heavy atom. The van der Waals surface area contributed by atoms with Gasteiger partial charge in [0.05, 0.1) is 0 Å². The van der Waals surface area contributed by atoms with E-state index in [4.69, 9.17) is 5.53 Å². The number of nitrogens with zero attached hydrogens (tertiary/aromatic N) is 3. The lowest BCUT2D eigenvalue weighted by Gasteiger charge is -2.14. The zero-order valence-corrected chi connectivity index (χ0v) is 13.3. The molecule has 0 aromatic heterocycles. The Morgan fingerprint density at radius 1 is 0.560 bits per heavy atom. The molecule has 0 fully saturated rings. The second-order valence-electron chi connectivity index (χ2n) is 6.14. The quantitative estimate of drug-likeness (QED) is 0.135. The largest absolute Gasteiger partial charge is 0.0616 e. The smallest absolute Gasteiger partial charge is 0.0460 e. The van der Waals surface area contributed by atoms with E-state index in [1.807, 2.05) is 24.3 Å². The molecular weight excluding hydrogens is 306 g/mol. The summed E-state index contributed by atoms with van der Waals surface area (Å²) in [5.41, 5.74) is 9.67. The molecule has 5 rings (SSSR count). The number of rotatable bonds is 1. The summed E-state index contributed by atoms with van der Waals surface area (Å²) >= 11 is 0. The van der Waals surface area contributed by atoms with Crippen LogP contribution in [0.25, 0.3) is 53.5 Å². The first-order chi connectivity index (χ1) is 12.4. The van der Waals surface area contributed by atoms with Crippen LogP contribution in [0.3, 0.4) is 0 Å². The topological polar surface area (TPSA) is 48.8 Å². The first-order valence-electron chi connectivity index (χ1n) is 8.18. The highest BCUT2D eigenvalue weighted by Crippen LogP contribution is 2.42. The molecule has 0 amide bonds. The molecule has 116 valence electrons. The van der Waals surface area contributed by atoms with Crippen molar-refractivity contribution in [3.05, 3.63) is 89.3 Å². The minimum Gasteiger partial charge on any atom is -0.0616 e. The zero-order valence-electron chi connectivity index (χ0n) is 13.3. The summed E-state index contributed by atoms with van der Waals surface area (Å²) in [6, 6.07) is 27.1. The van der Waals surface area contributed by atoms with Gasteiger partial charge in [-0.2, -0.15) is 0 Å².